The maximum Gasteiger partial charge on any atom is 0.243 e. The molecule has 5 rings (SSSR count). The SMILES string of the molecule is Cc1ccc(S(=O)(=O)N2CCN(S(=O)(=O)c3ccc(C)cc3)Cc3ccccc3Oc3ccccc3C2)cc1. The Balaban J connectivity index is 1.62. The third-order valence-electron chi connectivity index (χ3n) is 6.77. The number of para-hydroxylation sites is 2. The monoisotopic (exact) mass is 562 g/mol. The van der Waals surface area contributed by atoms with Crippen LogP contribution in [0, 0.1) is 13.8 Å². The Labute approximate surface area is 230 Å². The van der Waals surface area contributed by atoms with Crippen molar-refractivity contribution in [2.75, 3.05) is 13.1 Å². The van der Waals surface area contributed by atoms with Gasteiger partial charge in [0.25, 0.3) is 0 Å². The quantitative estimate of drug-likeness (QED) is 0.328. The largest absolute Gasteiger partial charge is 0.457 e. The number of fused-ring (bicyclic) bond motifs is 2. The van der Waals surface area contributed by atoms with Crippen LogP contribution in [0.3, 0.4) is 0 Å². The van der Waals surface area contributed by atoms with Crippen molar-refractivity contribution in [2.24, 2.45) is 0 Å². The zero-order valence-corrected chi connectivity index (χ0v) is 23.5. The summed E-state index contributed by atoms with van der Waals surface area (Å²) in [6, 6.07) is 27.9. The third kappa shape index (κ3) is 5.77. The molecule has 202 valence electrons. The topological polar surface area (TPSA) is 84.0 Å². The first kappa shape index (κ1) is 27.1. The van der Waals surface area contributed by atoms with Crippen LogP contribution in [-0.2, 0) is 33.1 Å². The fourth-order valence-corrected chi connectivity index (χ4v) is 7.30. The van der Waals surface area contributed by atoms with Crippen LogP contribution in [0.5, 0.6) is 11.5 Å². The van der Waals surface area contributed by atoms with E-state index in [-0.39, 0.29) is 36.0 Å². The van der Waals surface area contributed by atoms with Gasteiger partial charge in [-0.1, -0.05) is 71.8 Å². The Kier molecular flexibility index (Phi) is 7.59. The first-order chi connectivity index (χ1) is 18.6. The molecule has 0 atom stereocenters. The molecular weight excluding hydrogens is 532 g/mol. The molecule has 1 heterocycles. The van der Waals surface area contributed by atoms with Gasteiger partial charge in [-0.25, -0.2) is 16.8 Å². The van der Waals surface area contributed by atoms with Gasteiger partial charge in [-0.05, 0) is 50.2 Å². The Hall–Kier alpha value is -3.50. The smallest absolute Gasteiger partial charge is 0.243 e. The third-order valence-corrected chi connectivity index (χ3v) is 10.5. The molecule has 0 amide bonds. The Morgan fingerprint density at radius 2 is 0.897 bits per heavy atom. The van der Waals surface area contributed by atoms with E-state index in [0.717, 1.165) is 11.1 Å². The predicted molar refractivity (Wildman–Crippen MR) is 151 cm³/mol. The maximum absolute atomic E-state index is 13.9. The second kappa shape index (κ2) is 10.9. The summed E-state index contributed by atoms with van der Waals surface area (Å²) in [5, 5.41) is 0. The standard InChI is InChI=1S/C30H30N2O5S2/c1-23-11-15-27(16-12-23)38(33,34)31-19-20-32(39(35,36)28-17-13-24(2)14-18-28)22-26-8-4-6-10-30(26)37-29-9-5-3-7-25(29)21-31/h3-18H,19-22H2,1-2H3. The van der Waals surface area contributed by atoms with Crippen LogP contribution in [-0.4, -0.2) is 38.5 Å². The molecule has 0 bridgehead atoms. The summed E-state index contributed by atoms with van der Waals surface area (Å²) in [6.07, 6.45) is 0. The highest BCUT2D eigenvalue weighted by Gasteiger charge is 2.31. The van der Waals surface area contributed by atoms with E-state index < -0.39 is 20.0 Å². The van der Waals surface area contributed by atoms with Gasteiger partial charge < -0.3 is 4.74 Å². The molecule has 0 unspecified atom stereocenters. The van der Waals surface area contributed by atoms with Gasteiger partial charge in [-0.15, -0.1) is 0 Å². The Morgan fingerprint density at radius 1 is 0.538 bits per heavy atom. The number of rotatable bonds is 4. The lowest BCUT2D eigenvalue weighted by Crippen LogP contribution is -2.40. The van der Waals surface area contributed by atoms with Gasteiger partial charge in [0.1, 0.15) is 11.5 Å². The first-order valence-electron chi connectivity index (χ1n) is 12.6. The number of hydrogen-bond acceptors (Lipinski definition) is 5. The highest BCUT2D eigenvalue weighted by molar-refractivity contribution is 7.89. The molecule has 0 radical (unpaired) electrons. The molecule has 0 spiro atoms. The molecule has 0 fully saturated rings. The molecule has 1 aliphatic heterocycles. The highest BCUT2D eigenvalue weighted by atomic mass is 32.2. The molecule has 39 heavy (non-hydrogen) atoms. The minimum atomic E-state index is -3.95. The van der Waals surface area contributed by atoms with Crippen LogP contribution in [0.4, 0.5) is 0 Å². The van der Waals surface area contributed by atoms with E-state index in [4.69, 9.17) is 4.74 Å². The van der Waals surface area contributed by atoms with E-state index >= 15 is 0 Å². The second-order valence-corrected chi connectivity index (χ2v) is 13.5. The van der Waals surface area contributed by atoms with Gasteiger partial charge in [-0.3, -0.25) is 0 Å². The summed E-state index contributed by atoms with van der Waals surface area (Å²) < 4.78 is 64.4. The lowest BCUT2D eigenvalue weighted by Gasteiger charge is -2.27. The summed E-state index contributed by atoms with van der Waals surface area (Å²) >= 11 is 0. The molecule has 0 saturated heterocycles. The van der Waals surface area contributed by atoms with Gasteiger partial charge in [0.05, 0.1) is 9.79 Å². The van der Waals surface area contributed by atoms with Crippen molar-refractivity contribution < 1.29 is 21.6 Å². The molecule has 4 aromatic rings. The van der Waals surface area contributed by atoms with Crippen LogP contribution < -0.4 is 4.74 Å². The van der Waals surface area contributed by atoms with Crippen LogP contribution in [0.1, 0.15) is 22.3 Å². The minimum Gasteiger partial charge on any atom is -0.457 e. The van der Waals surface area contributed by atoms with E-state index in [2.05, 4.69) is 0 Å². The van der Waals surface area contributed by atoms with Crippen molar-refractivity contribution in [1.29, 1.82) is 0 Å². The normalized spacial score (nSPS) is 15.4. The summed E-state index contributed by atoms with van der Waals surface area (Å²) in [5.74, 6) is 1.03. The van der Waals surface area contributed by atoms with Crippen LogP contribution in [0.2, 0.25) is 0 Å². The predicted octanol–water partition coefficient (Wildman–Crippen LogP) is 5.49. The van der Waals surface area contributed by atoms with Crippen molar-refractivity contribution in [2.45, 2.75) is 36.7 Å². The number of nitrogens with zero attached hydrogens (tertiary/aromatic N) is 2. The van der Waals surface area contributed by atoms with E-state index in [1.165, 1.54) is 8.61 Å². The molecule has 1 aliphatic rings. The highest BCUT2D eigenvalue weighted by Crippen LogP contribution is 2.33. The fourth-order valence-electron chi connectivity index (χ4n) is 4.48. The fraction of sp³-hybridized carbons (Fsp3) is 0.200. The molecule has 0 N–H and O–H groups in total. The zero-order valence-electron chi connectivity index (χ0n) is 21.8. The Morgan fingerprint density at radius 3 is 1.28 bits per heavy atom. The minimum absolute atomic E-state index is 0.0208. The van der Waals surface area contributed by atoms with Crippen molar-refractivity contribution in [1.82, 2.24) is 8.61 Å². The zero-order chi connectivity index (χ0) is 27.6. The van der Waals surface area contributed by atoms with Gasteiger partial charge in [-0.2, -0.15) is 8.61 Å². The molecule has 0 aromatic heterocycles. The maximum atomic E-state index is 13.9. The molecule has 7 nitrogen and oxygen atoms in total. The number of hydrogen-bond donors (Lipinski definition) is 0. The van der Waals surface area contributed by atoms with Crippen molar-refractivity contribution in [3.63, 3.8) is 0 Å². The molecule has 0 saturated carbocycles. The number of benzene rings is 4. The van der Waals surface area contributed by atoms with Gasteiger partial charge in [0.15, 0.2) is 0 Å². The van der Waals surface area contributed by atoms with E-state index in [0.29, 0.717) is 22.6 Å². The van der Waals surface area contributed by atoms with Crippen LogP contribution in [0.15, 0.2) is 107 Å². The lowest BCUT2D eigenvalue weighted by molar-refractivity contribution is 0.337. The number of aryl methyl sites for hydroxylation is 2. The average molecular weight is 563 g/mol. The van der Waals surface area contributed by atoms with Crippen LogP contribution >= 0.6 is 0 Å². The summed E-state index contributed by atoms with van der Waals surface area (Å²) in [7, 11) is -7.90. The van der Waals surface area contributed by atoms with Gasteiger partial charge in [0.2, 0.25) is 20.0 Å². The van der Waals surface area contributed by atoms with E-state index in [9.17, 15) is 16.8 Å². The molecular formula is C30H30N2O5S2. The van der Waals surface area contributed by atoms with Gasteiger partial charge >= 0.3 is 0 Å². The first-order valence-corrected chi connectivity index (χ1v) is 15.5. The van der Waals surface area contributed by atoms with Crippen molar-refractivity contribution in [3.8, 4) is 11.5 Å². The van der Waals surface area contributed by atoms with Crippen molar-refractivity contribution in [3.05, 3.63) is 119 Å². The lowest BCUT2D eigenvalue weighted by atomic mass is 10.2. The summed E-state index contributed by atoms with van der Waals surface area (Å²) in [6.45, 7) is 3.74. The molecule has 0 aliphatic carbocycles. The molecule has 4 aromatic carbocycles. The van der Waals surface area contributed by atoms with E-state index in [1.807, 2.05) is 50.2 Å². The molecule has 9 heteroatoms. The van der Waals surface area contributed by atoms with Crippen molar-refractivity contribution >= 4 is 20.0 Å². The summed E-state index contributed by atoms with van der Waals surface area (Å²) in [5.41, 5.74) is 3.24. The van der Waals surface area contributed by atoms with E-state index in [1.54, 1.807) is 60.7 Å². The Bertz CT molecular complexity index is 1560. The second-order valence-electron chi connectivity index (χ2n) is 9.62. The number of ether oxygens (including phenoxy) is 1. The number of sulfonamides is 2. The van der Waals surface area contributed by atoms with Crippen LogP contribution in [0.25, 0.3) is 0 Å². The van der Waals surface area contributed by atoms with Gasteiger partial charge in [0, 0.05) is 37.3 Å². The average Bonchev–Trinajstić information content (AvgIpc) is 2.95. The summed E-state index contributed by atoms with van der Waals surface area (Å²) in [4.78, 5) is 0.301.